The molecule has 0 bridgehead atoms. The van der Waals surface area contributed by atoms with Gasteiger partial charge in [-0.3, -0.25) is 9.59 Å². The van der Waals surface area contributed by atoms with Crippen molar-refractivity contribution in [2.75, 3.05) is 18.1 Å². The Morgan fingerprint density at radius 3 is 2.54 bits per heavy atom. The molecule has 0 unspecified atom stereocenters. The molecule has 6 rings (SSSR count). The summed E-state index contributed by atoms with van der Waals surface area (Å²) in [5.41, 5.74) is 5.21. The second-order valence-corrected chi connectivity index (χ2v) is 11.8. The number of ether oxygens (including phenoxy) is 2. The average molecular weight is 567 g/mol. The van der Waals surface area contributed by atoms with Gasteiger partial charge in [-0.1, -0.05) is 42.0 Å². The highest BCUT2D eigenvalue weighted by Crippen LogP contribution is 2.37. The molecule has 8 heteroatoms. The number of nitrogens with one attached hydrogen (secondary N) is 1. The molecule has 0 aliphatic carbocycles. The molecule has 2 amide bonds. The Labute approximate surface area is 241 Å². The molecule has 41 heavy (non-hydrogen) atoms. The summed E-state index contributed by atoms with van der Waals surface area (Å²) < 4.78 is 25.1. The fraction of sp³-hybridized carbons (Fsp3) is 0.212. The zero-order chi connectivity index (χ0) is 28.7. The Hall–Kier alpha value is -4.43. The molecule has 2 aliphatic heterocycles. The highest BCUT2D eigenvalue weighted by Gasteiger charge is 2.32. The quantitative estimate of drug-likeness (QED) is 0.326. The maximum atomic E-state index is 14.0. The Morgan fingerprint density at radius 2 is 1.71 bits per heavy atom. The molecule has 208 valence electrons. The van der Waals surface area contributed by atoms with E-state index in [0.717, 1.165) is 22.3 Å². The molecule has 4 aromatic rings. The summed E-state index contributed by atoms with van der Waals surface area (Å²) in [6.07, 6.45) is 0. The first kappa shape index (κ1) is 26.8. The van der Waals surface area contributed by atoms with Crippen molar-refractivity contribution in [3.8, 4) is 11.5 Å². The van der Waals surface area contributed by atoms with Gasteiger partial charge in [0, 0.05) is 5.56 Å². The van der Waals surface area contributed by atoms with Crippen LogP contribution in [0.25, 0.3) is 0 Å². The fourth-order valence-corrected chi connectivity index (χ4v) is 6.54. The first-order valence-electron chi connectivity index (χ1n) is 13.5. The smallest absolute Gasteiger partial charge is 0.259 e. The van der Waals surface area contributed by atoms with Gasteiger partial charge in [-0.05, 0) is 79.9 Å². The largest absolute Gasteiger partial charge is 0.486 e. The molecule has 2 aliphatic rings. The molecule has 4 aromatic carbocycles. The lowest BCUT2D eigenvalue weighted by Crippen LogP contribution is -2.31. The molecule has 0 aromatic heterocycles. The average Bonchev–Trinajstić information content (AvgIpc) is 3.07. The number of aryl methyl sites for hydroxylation is 2. The molecule has 7 nitrogen and oxygen atoms in total. The Balaban J connectivity index is 1.36. The number of nitrogens with zero attached hydrogens (tertiary/aromatic N) is 1. The number of amides is 2. The second-order valence-electron chi connectivity index (χ2n) is 10.4. The van der Waals surface area contributed by atoms with Gasteiger partial charge in [0.2, 0.25) is 0 Å². The van der Waals surface area contributed by atoms with Crippen molar-refractivity contribution in [3.63, 3.8) is 0 Å². The van der Waals surface area contributed by atoms with Crippen molar-refractivity contribution in [1.29, 1.82) is 0 Å². The van der Waals surface area contributed by atoms with Crippen LogP contribution in [0.3, 0.4) is 0 Å². The molecule has 0 saturated carbocycles. The fourth-order valence-electron chi connectivity index (χ4n) is 5.20. The van der Waals surface area contributed by atoms with Crippen LogP contribution >= 0.6 is 0 Å². The molecular weight excluding hydrogens is 536 g/mol. The lowest BCUT2D eigenvalue weighted by Gasteiger charge is -2.25. The summed E-state index contributed by atoms with van der Waals surface area (Å²) >= 11 is 0. The SMILES string of the molecule is Cc1ccc(C)c(CN2C(=O)c3ccccc3[S@](=O)c3ccc(C(=O)N[C@@H](C)c4ccc5c(c4)OCCO5)cc32)c1. The van der Waals surface area contributed by atoms with Gasteiger partial charge >= 0.3 is 0 Å². The highest BCUT2D eigenvalue weighted by atomic mass is 32.2. The van der Waals surface area contributed by atoms with Crippen molar-refractivity contribution >= 4 is 28.3 Å². The lowest BCUT2D eigenvalue weighted by atomic mass is 10.0. The number of hydrogen-bond donors (Lipinski definition) is 1. The van der Waals surface area contributed by atoms with Gasteiger partial charge in [-0.25, -0.2) is 4.21 Å². The van der Waals surface area contributed by atoms with Crippen LogP contribution in [-0.4, -0.2) is 29.2 Å². The van der Waals surface area contributed by atoms with Gasteiger partial charge in [0.25, 0.3) is 11.8 Å². The molecule has 0 saturated heterocycles. The van der Waals surface area contributed by atoms with E-state index in [-0.39, 0.29) is 24.4 Å². The Morgan fingerprint density at radius 1 is 0.927 bits per heavy atom. The lowest BCUT2D eigenvalue weighted by molar-refractivity contribution is 0.0937. The Kier molecular flexibility index (Phi) is 7.09. The van der Waals surface area contributed by atoms with Crippen LogP contribution < -0.4 is 19.7 Å². The van der Waals surface area contributed by atoms with E-state index in [1.54, 1.807) is 47.4 Å². The molecule has 1 N–H and O–H groups in total. The summed E-state index contributed by atoms with van der Waals surface area (Å²) in [5, 5.41) is 3.05. The van der Waals surface area contributed by atoms with E-state index < -0.39 is 10.8 Å². The molecular formula is C33H30N2O5S. The van der Waals surface area contributed by atoms with E-state index in [1.165, 1.54) is 0 Å². The first-order valence-corrected chi connectivity index (χ1v) is 14.7. The van der Waals surface area contributed by atoms with E-state index in [2.05, 4.69) is 11.4 Å². The van der Waals surface area contributed by atoms with Crippen LogP contribution in [0, 0.1) is 13.8 Å². The van der Waals surface area contributed by atoms with Crippen molar-refractivity contribution in [3.05, 3.63) is 112 Å². The van der Waals surface area contributed by atoms with Crippen molar-refractivity contribution < 1.29 is 23.3 Å². The van der Waals surface area contributed by atoms with E-state index in [9.17, 15) is 13.8 Å². The number of benzene rings is 4. The monoisotopic (exact) mass is 566 g/mol. The highest BCUT2D eigenvalue weighted by molar-refractivity contribution is 7.85. The zero-order valence-electron chi connectivity index (χ0n) is 23.1. The number of carbonyl (C=O) groups is 2. The first-order chi connectivity index (χ1) is 19.8. The third-order valence-corrected chi connectivity index (χ3v) is 9.02. The summed E-state index contributed by atoms with van der Waals surface area (Å²) in [4.78, 5) is 30.1. The minimum atomic E-state index is -1.60. The minimum absolute atomic E-state index is 0.254. The predicted molar refractivity (Wildman–Crippen MR) is 157 cm³/mol. The van der Waals surface area contributed by atoms with Gasteiger partial charge in [-0.15, -0.1) is 0 Å². The van der Waals surface area contributed by atoms with Crippen LogP contribution in [0.5, 0.6) is 11.5 Å². The van der Waals surface area contributed by atoms with Gasteiger partial charge in [0.1, 0.15) is 13.2 Å². The van der Waals surface area contributed by atoms with E-state index in [0.29, 0.717) is 51.3 Å². The van der Waals surface area contributed by atoms with Crippen molar-refractivity contribution in [1.82, 2.24) is 5.32 Å². The zero-order valence-corrected chi connectivity index (χ0v) is 23.9. The van der Waals surface area contributed by atoms with Gasteiger partial charge < -0.3 is 19.7 Å². The minimum Gasteiger partial charge on any atom is -0.486 e. The van der Waals surface area contributed by atoms with Crippen molar-refractivity contribution in [2.24, 2.45) is 0 Å². The van der Waals surface area contributed by atoms with Crippen LogP contribution in [0.4, 0.5) is 5.69 Å². The predicted octanol–water partition coefficient (Wildman–Crippen LogP) is 5.89. The molecule has 0 fully saturated rings. The molecule has 2 heterocycles. The summed E-state index contributed by atoms with van der Waals surface area (Å²) in [5.74, 6) is 0.784. The van der Waals surface area contributed by atoms with E-state index in [4.69, 9.17) is 9.47 Å². The summed E-state index contributed by atoms with van der Waals surface area (Å²) in [7, 11) is -1.60. The Bertz CT molecular complexity index is 1720. The number of hydrogen-bond acceptors (Lipinski definition) is 5. The topological polar surface area (TPSA) is 84.9 Å². The van der Waals surface area contributed by atoms with Crippen LogP contribution in [0.2, 0.25) is 0 Å². The van der Waals surface area contributed by atoms with Gasteiger partial charge in [-0.2, -0.15) is 0 Å². The number of carbonyl (C=O) groups excluding carboxylic acids is 2. The summed E-state index contributed by atoms with van der Waals surface area (Å²) in [6.45, 7) is 7.19. The molecule has 2 atom stereocenters. The van der Waals surface area contributed by atoms with Crippen molar-refractivity contribution in [2.45, 2.75) is 43.1 Å². The van der Waals surface area contributed by atoms with E-state index >= 15 is 0 Å². The number of anilines is 1. The maximum absolute atomic E-state index is 14.0. The van der Waals surface area contributed by atoms with Gasteiger partial charge in [0.15, 0.2) is 11.5 Å². The second kappa shape index (κ2) is 10.9. The normalized spacial score (nSPS) is 16.3. The van der Waals surface area contributed by atoms with E-state index in [1.807, 2.05) is 51.1 Å². The standard InChI is InChI=1S/C33H30N2O5S/c1-20-8-9-21(2)25(16-20)19-35-27-17-24(11-13-31(27)41(38)30-7-5-4-6-26(30)33(35)37)32(36)34-22(3)23-10-12-28-29(18-23)40-15-14-39-28/h4-13,16-18,22H,14-15,19H2,1-3H3,(H,34,36)/t22-,41-/m0/s1. The van der Waals surface area contributed by atoms with Gasteiger partial charge in [0.05, 0.1) is 44.4 Å². The number of fused-ring (bicyclic) bond motifs is 3. The maximum Gasteiger partial charge on any atom is 0.259 e. The third kappa shape index (κ3) is 5.11. The number of rotatable bonds is 5. The molecule has 0 radical (unpaired) electrons. The van der Waals surface area contributed by atoms with Crippen LogP contribution in [-0.2, 0) is 17.3 Å². The van der Waals surface area contributed by atoms with Crippen LogP contribution in [0.1, 0.15) is 55.9 Å². The summed E-state index contributed by atoms with van der Waals surface area (Å²) in [6, 6.07) is 23.5. The van der Waals surface area contributed by atoms with Crippen LogP contribution in [0.15, 0.2) is 88.7 Å². The molecule has 0 spiro atoms. The third-order valence-electron chi connectivity index (χ3n) is 7.52.